The number of carbonyl (C=O) groups excluding carboxylic acids is 1. The second-order valence-electron chi connectivity index (χ2n) is 5.93. The van der Waals surface area contributed by atoms with Gasteiger partial charge >= 0.3 is 5.97 Å². The number of nitrogens with two attached hydrogens (primary N) is 1. The molecule has 2 unspecified atom stereocenters. The summed E-state index contributed by atoms with van der Waals surface area (Å²) in [5, 5.41) is 7.87. The van der Waals surface area contributed by atoms with Crippen molar-refractivity contribution in [3.05, 3.63) is 12.2 Å². The summed E-state index contributed by atoms with van der Waals surface area (Å²) in [6.45, 7) is 4.96. The highest BCUT2D eigenvalue weighted by Crippen LogP contribution is 2.25. The lowest BCUT2D eigenvalue weighted by Gasteiger charge is -2.35. The molecule has 2 aliphatic rings. The number of likely N-dealkylation sites (tertiary alicyclic amines) is 1. The summed E-state index contributed by atoms with van der Waals surface area (Å²) in [5.74, 6) is -0.695. The molecule has 0 spiro atoms. The van der Waals surface area contributed by atoms with Crippen molar-refractivity contribution in [3.63, 3.8) is 0 Å². The minimum Gasteiger partial charge on any atom is -0.436 e. The summed E-state index contributed by atoms with van der Waals surface area (Å²) in [5.41, 5.74) is 4.42. The fourth-order valence-corrected chi connectivity index (χ4v) is 2.91. The highest BCUT2D eigenvalue weighted by atomic mass is 16.6. The third-order valence-electron chi connectivity index (χ3n) is 4.13. The summed E-state index contributed by atoms with van der Waals surface area (Å²) in [4.78, 5) is 17.8. The van der Waals surface area contributed by atoms with Crippen molar-refractivity contribution in [3.8, 4) is 0 Å². The molecule has 0 aromatic heterocycles. The number of carbonyl (C=O) groups is 1. The van der Waals surface area contributed by atoms with Gasteiger partial charge in [-0.2, -0.15) is 0 Å². The Morgan fingerprint density at radius 3 is 2.83 bits per heavy atom. The van der Waals surface area contributed by atoms with Gasteiger partial charge in [-0.1, -0.05) is 6.42 Å². The minimum absolute atomic E-state index is 0.213. The first-order chi connectivity index (χ1) is 11.0. The molecule has 0 aliphatic carbocycles. The largest absolute Gasteiger partial charge is 0.436 e. The van der Waals surface area contributed by atoms with Gasteiger partial charge in [-0.05, 0) is 44.5 Å². The lowest BCUT2D eigenvalue weighted by atomic mass is 9.97. The maximum atomic E-state index is 11.3. The van der Waals surface area contributed by atoms with Crippen LogP contribution in [0.25, 0.3) is 0 Å². The Bertz CT molecular complexity index is 486. The Hall–Kier alpha value is -1.73. The van der Waals surface area contributed by atoms with Crippen LogP contribution in [0.3, 0.4) is 0 Å². The number of nitrogens with one attached hydrogen (secondary N) is 1. The van der Waals surface area contributed by atoms with Crippen molar-refractivity contribution in [1.82, 2.24) is 4.90 Å². The van der Waals surface area contributed by atoms with E-state index in [0.29, 0.717) is 6.61 Å². The molecule has 2 aliphatic heterocycles. The topological polar surface area (TPSA) is 101 Å². The average Bonchev–Trinajstić information content (AvgIpc) is 2.53. The second kappa shape index (κ2) is 8.21. The number of hydrogen-bond acceptors (Lipinski definition) is 6. The maximum Gasteiger partial charge on any atom is 0.304 e. The van der Waals surface area contributed by atoms with Crippen molar-refractivity contribution < 1.29 is 14.3 Å². The van der Waals surface area contributed by atoms with E-state index in [4.69, 9.17) is 20.6 Å². The predicted octanol–water partition coefficient (Wildman–Crippen LogP) is 1.08. The SMILES string of the molecule is CC(=O)OC1N=CC=CC1(OCCCN1CCCCC1)C(=N)N. The van der Waals surface area contributed by atoms with E-state index >= 15 is 0 Å². The number of piperidine rings is 1. The Morgan fingerprint density at radius 2 is 2.17 bits per heavy atom. The molecule has 1 saturated heterocycles. The van der Waals surface area contributed by atoms with Crippen molar-refractivity contribution >= 4 is 18.0 Å². The van der Waals surface area contributed by atoms with Crippen molar-refractivity contribution in [2.45, 2.75) is 44.4 Å². The van der Waals surface area contributed by atoms with E-state index in [-0.39, 0.29) is 5.84 Å². The fourth-order valence-electron chi connectivity index (χ4n) is 2.91. The van der Waals surface area contributed by atoms with Gasteiger partial charge in [-0.25, -0.2) is 4.99 Å². The molecule has 128 valence electrons. The van der Waals surface area contributed by atoms with Crippen LogP contribution < -0.4 is 5.73 Å². The molecule has 7 nitrogen and oxygen atoms in total. The van der Waals surface area contributed by atoms with Crippen LogP contribution in [0.2, 0.25) is 0 Å². The molecular weight excluding hydrogens is 296 g/mol. The third-order valence-corrected chi connectivity index (χ3v) is 4.13. The van der Waals surface area contributed by atoms with Crippen molar-refractivity contribution in [1.29, 1.82) is 5.41 Å². The molecule has 2 atom stereocenters. The zero-order valence-corrected chi connectivity index (χ0v) is 13.7. The Morgan fingerprint density at radius 1 is 1.43 bits per heavy atom. The summed E-state index contributed by atoms with van der Waals surface area (Å²) in [6, 6.07) is 0. The van der Waals surface area contributed by atoms with Crippen LogP contribution >= 0.6 is 0 Å². The number of esters is 1. The number of nitrogens with zero attached hydrogens (tertiary/aromatic N) is 2. The van der Waals surface area contributed by atoms with Crippen molar-refractivity contribution in [2.75, 3.05) is 26.2 Å². The first-order valence-electron chi connectivity index (χ1n) is 8.13. The van der Waals surface area contributed by atoms with E-state index in [1.807, 2.05) is 0 Å². The highest BCUT2D eigenvalue weighted by molar-refractivity contribution is 5.92. The molecular formula is C16H26N4O3. The van der Waals surface area contributed by atoms with Crippen LogP contribution in [0.4, 0.5) is 0 Å². The Labute approximate surface area is 137 Å². The molecule has 2 heterocycles. The monoisotopic (exact) mass is 322 g/mol. The van der Waals surface area contributed by atoms with Crippen LogP contribution in [0, 0.1) is 5.41 Å². The zero-order valence-electron chi connectivity index (χ0n) is 13.7. The van der Waals surface area contributed by atoms with Crippen LogP contribution in [-0.4, -0.2) is 61.0 Å². The quantitative estimate of drug-likeness (QED) is 0.316. The number of ether oxygens (including phenoxy) is 2. The van der Waals surface area contributed by atoms with E-state index in [0.717, 1.165) is 26.1 Å². The molecule has 0 amide bonds. The molecule has 23 heavy (non-hydrogen) atoms. The maximum absolute atomic E-state index is 11.3. The first kappa shape index (κ1) is 17.6. The zero-order chi connectivity index (χ0) is 16.7. The second-order valence-corrected chi connectivity index (χ2v) is 5.93. The molecule has 0 aromatic carbocycles. The molecule has 3 N–H and O–H groups in total. The number of dihydropyridines is 1. The molecule has 0 aromatic rings. The fraction of sp³-hybridized carbons (Fsp3) is 0.688. The number of rotatable bonds is 7. The van der Waals surface area contributed by atoms with Crippen LogP contribution in [0.5, 0.6) is 0 Å². The molecule has 0 radical (unpaired) electrons. The van der Waals surface area contributed by atoms with Gasteiger partial charge in [-0.15, -0.1) is 0 Å². The van der Waals surface area contributed by atoms with Gasteiger partial charge in [0.1, 0.15) is 5.84 Å². The average molecular weight is 322 g/mol. The summed E-state index contributed by atoms with van der Waals surface area (Å²) in [7, 11) is 0. The minimum atomic E-state index is -1.30. The highest BCUT2D eigenvalue weighted by Gasteiger charge is 2.44. The van der Waals surface area contributed by atoms with E-state index in [1.54, 1.807) is 12.2 Å². The lowest BCUT2D eigenvalue weighted by molar-refractivity contribution is -0.156. The number of allylic oxidation sites excluding steroid dienone is 1. The first-order valence-corrected chi connectivity index (χ1v) is 8.13. The Balaban J connectivity index is 1.91. The van der Waals surface area contributed by atoms with E-state index in [2.05, 4.69) is 9.89 Å². The molecule has 7 heteroatoms. The summed E-state index contributed by atoms with van der Waals surface area (Å²) < 4.78 is 11.1. The molecule has 2 rings (SSSR count). The number of aliphatic imine (C=N–C) groups is 1. The van der Waals surface area contributed by atoms with Crippen LogP contribution in [0.1, 0.15) is 32.6 Å². The van der Waals surface area contributed by atoms with E-state index in [9.17, 15) is 4.79 Å². The van der Waals surface area contributed by atoms with Gasteiger partial charge in [0.25, 0.3) is 0 Å². The normalized spacial score (nSPS) is 27.8. The summed E-state index contributed by atoms with van der Waals surface area (Å²) in [6.07, 6.45) is 8.52. The van der Waals surface area contributed by atoms with Gasteiger partial charge < -0.3 is 20.1 Å². The Kier molecular flexibility index (Phi) is 6.29. The van der Waals surface area contributed by atoms with Crippen LogP contribution in [-0.2, 0) is 14.3 Å². The number of amidine groups is 1. The smallest absolute Gasteiger partial charge is 0.304 e. The molecule has 0 saturated carbocycles. The standard InChI is InChI=1S/C16H26N4O3/c1-13(21)23-15-16(14(17)18,7-5-8-19-15)22-12-6-11-20-9-3-2-4-10-20/h5,7-8,15H,2-4,6,9-12H2,1H3,(H3,17,18). The van der Waals surface area contributed by atoms with E-state index < -0.39 is 17.8 Å². The van der Waals surface area contributed by atoms with Gasteiger partial charge in [0, 0.05) is 26.3 Å². The van der Waals surface area contributed by atoms with E-state index in [1.165, 1.54) is 32.4 Å². The molecule has 0 bridgehead atoms. The third kappa shape index (κ3) is 4.62. The molecule has 1 fully saturated rings. The van der Waals surface area contributed by atoms with Crippen molar-refractivity contribution in [2.24, 2.45) is 10.7 Å². The van der Waals surface area contributed by atoms with Gasteiger partial charge in [0.05, 0.1) is 0 Å². The number of hydrogen-bond donors (Lipinski definition) is 2. The van der Waals surface area contributed by atoms with Gasteiger partial charge in [-0.3, -0.25) is 10.2 Å². The van der Waals surface area contributed by atoms with Gasteiger partial charge in [0.15, 0.2) is 0 Å². The lowest BCUT2D eigenvalue weighted by Crippen LogP contribution is -2.55. The predicted molar refractivity (Wildman–Crippen MR) is 88.7 cm³/mol. The summed E-state index contributed by atoms with van der Waals surface area (Å²) >= 11 is 0. The van der Waals surface area contributed by atoms with Crippen LogP contribution in [0.15, 0.2) is 17.1 Å². The van der Waals surface area contributed by atoms with Gasteiger partial charge in [0.2, 0.25) is 11.8 Å².